The third-order valence-corrected chi connectivity index (χ3v) is 3.46. The summed E-state index contributed by atoms with van der Waals surface area (Å²) in [4.78, 5) is 11.5. The summed E-state index contributed by atoms with van der Waals surface area (Å²) >= 11 is 3.36. The van der Waals surface area contributed by atoms with Crippen molar-refractivity contribution in [2.24, 2.45) is 0 Å². The summed E-state index contributed by atoms with van der Waals surface area (Å²) in [5, 5.41) is 9.58. The first-order valence-electron chi connectivity index (χ1n) is 5.27. The molecule has 0 aromatic heterocycles. The van der Waals surface area contributed by atoms with Crippen molar-refractivity contribution in [3.05, 3.63) is 22.2 Å². The van der Waals surface area contributed by atoms with E-state index in [4.69, 9.17) is 4.74 Å². The average Bonchev–Trinajstić information content (AvgIpc) is 2.65. The third kappa shape index (κ3) is 2.07. The Morgan fingerprint density at radius 2 is 2.25 bits per heavy atom. The lowest BCUT2D eigenvalue weighted by Crippen LogP contribution is -2.21. The van der Waals surface area contributed by atoms with Crippen molar-refractivity contribution in [3.8, 4) is 11.5 Å². The van der Waals surface area contributed by atoms with E-state index in [2.05, 4.69) is 15.9 Å². The second-order valence-corrected chi connectivity index (χ2v) is 4.84. The molecule has 1 atom stereocenters. The maximum Gasteiger partial charge on any atom is 0.173 e. The van der Waals surface area contributed by atoms with Gasteiger partial charge in [-0.2, -0.15) is 0 Å². The zero-order chi connectivity index (χ0) is 11.7. The van der Waals surface area contributed by atoms with Crippen molar-refractivity contribution >= 4 is 21.7 Å². The number of ketones is 1. The van der Waals surface area contributed by atoms with E-state index in [1.807, 2.05) is 0 Å². The molecular weight excluding hydrogens is 272 g/mol. The number of phenolic OH excluding ortho intramolecular Hbond substituents is 1. The number of rotatable bonds is 2. The molecule has 1 aromatic carbocycles. The average molecular weight is 285 g/mol. The molecule has 1 unspecified atom stereocenters. The Balaban J connectivity index is 2.27. The first-order valence-corrected chi connectivity index (χ1v) is 6.06. The number of aromatic hydroxyl groups is 1. The van der Waals surface area contributed by atoms with Crippen molar-refractivity contribution in [3.63, 3.8) is 0 Å². The second kappa shape index (κ2) is 4.45. The minimum Gasteiger partial charge on any atom is -0.508 e. The Morgan fingerprint density at radius 1 is 1.50 bits per heavy atom. The fourth-order valence-electron chi connectivity index (χ4n) is 1.84. The Morgan fingerprint density at radius 3 is 2.88 bits per heavy atom. The quantitative estimate of drug-likeness (QED) is 0.908. The number of Topliss-reactive ketones (excluding diaryl/α,β-unsaturated/α-hetero) is 1. The number of ether oxygens (including phenoxy) is 1. The zero-order valence-corrected chi connectivity index (χ0v) is 10.6. The van der Waals surface area contributed by atoms with E-state index in [0.29, 0.717) is 17.7 Å². The molecule has 0 aliphatic heterocycles. The van der Waals surface area contributed by atoms with Gasteiger partial charge in [0.25, 0.3) is 0 Å². The number of carbonyl (C=O) groups excluding carboxylic acids is 1. The lowest BCUT2D eigenvalue weighted by molar-refractivity contribution is -0.123. The molecule has 0 heterocycles. The summed E-state index contributed by atoms with van der Waals surface area (Å²) in [6.45, 7) is 1.77. The number of benzene rings is 1. The minimum atomic E-state index is -0.350. The molecule has 4 heteroatoms. The van der Waals surface area contributed by atoms with Gasteiger partial charge >= 0.3 is 0 Å². The van der Waals surface area contributed by atoms with Gasteiger partial charge in [0.05, 0.1) is 4.47 Å². The molecule has 1 saturated carbocycles. The SMILES string of the molecule is Cc1c(O)ccc(Br)c1OC1CCCC1=O. The van der Waals surface area contributed by atoms with Gasteiger partial charge in [-0.15, -0.1) is 0 Å². The van der Waals surface area contributed by atoms with Crippen LogP contribution in [0.5, 0.6) is 11.5 Å². The molecule has 1 N–H and O–H groups in total. The number of hydrogen-bond acceptors (Lipinski definition) is 3. The Labute approximate surface area is 103 Å². The first-order chi connectivity index (χ1) is 7.59. The molecule has 0 bridgehead atoms. The standard InChI is InChI=1S/C12H13BrO3/c1-7-9(14)6-5-8(13)12(7)16-11-4-2-3-10(11)15/h5-6,11,14H,2-4H2,1H3. The molecule has 1 fully saturated rings. The zero-order valence-electron chi connectivity index (χ0n) is 9.00. The van der Waals surface area contributed by atoms with Crippen molar-refractivity contribution < 1.29 is 14.6 Å². The fourth-order valence-corrected chi connectivity index (χ4v) is 2.37. The van der Waals surface area contributed by atoms with Gasteiger partial charge in [-0.1, -0.05) is 0 Å². The summed E-state index contributed by atoms with van der Waals surface area (Å²) in [6, 6.07) is 3.32. The van der Waals surface area contributed by atoms with E-state index >= 15 is 0 Å². The van der Waals surface area contributed by atoms with Crippen LogP contribution in [0.3, 0.4) is 0 Å². The van der Waals surface area contributed by atoms with Crippen LogP contribution in [0.2, 0.25) is 0 Å². The van der Waals surface area contributed by atoms with Crippen LogP contribution in [-0.2, 0) is 4.79 Å². The Hall–Kier alpha value is -1.03. The molecule has 1 aliphatic carbocycles. The van der Waals surface area contributed by atoms with Crippen LogP contribution in [0.15, 0.2) is 16.6 Å². The highest BCUT2D eigenvalue weighted by molar-refractivity contribution is 9.10. The molecule has 0 radical (unpaired) electrons. The predicted molar refractivity (Wildman–Crippen MR) is 63.8 cm³/mol. The number of halogens is 1. The highest BCUT2D eigenvalue weighted by atomic mass is 79.9. The second-order valence-electron chi connectivity index (χ2n) is 3.99. The van der Waals surface area contributed by atoms with Gasteiger partial charge in [0, 0.05) is 12.0 Å². The van der Waals surface area contributed by atoms with Gasteiger partial charge in [-0.3, -0.25) is 4.79 Å². The smallest absolute Gasteiger partial charge is 0.173 e. The summed E-state index contributed by atoms with van der Waals surface area (Å²) in [5.74, 6) is 0.901. The van der Waals surface area contributed by atoms with Crippen molar-refractivity contribution in [2.75, 3.05) is 0 Å². The first kappa shape index (κ1) is 11.5. The highest BCUT2D eigenvalue weighted by Crippen LogP contribution is 2.36. The monoisotopic (exact) mass is 284 g/mol. The van der Waals surface area contributed by atoms with Gasteiger partial charge in [0.2, 0.25) is 0 Å². The van der Waals surface area contributed by atoms with E-state index in [0.717, 1.165) is 17.3 Å². The van der Waals surface area contributed by atoms with Crippen LogP contribution < -0.4 is 4.74 Å². The van der Waals surface area contributed by atoms with Gasteiger partial charge in [-0.05, 0) is 47.8 Å². The van der Waals surface area contributed by atoms with Crippen LogP contribution in [0.25, 0.3) is 0 Å². The summed E-state index contributed by atoms with van der Waals surface area (Å²) in [6.07, 6.45) is 1.90. The van der Waals surface area contributed by atoms with E-state index < -0.39 is 0 Å². The van der Waals surface area contributed by atoms with Gasteiger partial charge < -0.3 is 9.84 Å². The van der Waals surface area contributed by atoms with Crippen molar-refractivity contribution in [1.82, 2.24) is 0 Å². The van der Waals surface area contributed by atoms with Gasteiger partial charge in [0.1, 0.15) is 11.5 Å². The normalized spacial score (nSPS) is 20.1. The van der Waals surface area contributed by atoms with E-state index in [1.54, 1.807) is 19.1 Å². The Kier molecular flexibility index (Phi) is 3.19. The number of hydrogen-bond donors (Lipinski definition) is 1. The van der Waals surface area contributed by atoms with Crippen LogP contribution in [-0.4, -0.2) is 17.0 Å². The molecule has 0 spiro atoms. The van der Waals surface area contributed by atoms with Crippen molar-refractivity contribution in [1.29, 1.82) is 0 Å². The third-order valence-electron chi connectivity index (χ3n) is 2.84. The molecule has 86 valence electrons. The van der Waals surface area contributed by atoms with E-state index in [-0.39, 0.29) is 17.6 Å². The molecule has 1 aromatic rings. The molecule has 0 saturated heterocycles. The van der Waals surface area contributed by atoms with Crippen LogP contribution >= 0.6 is 15.9 Å². The van der Waals surface area contributed by atoms with Gasteiger partial charge in [-0.25, -0.2) is 0 Å². The number of carbonyl (C=O) groups is 1. The molecule has 3 nitrogen and oxygen atoms in total. The topological polar surface area (TPSA) is 46.5 Å². The molecule has 1 aliphatic rings. The summed E-state index contributed by atoms with van der Waals surface area (Å²) in [5.41, 5.74) is 0.661. The maximum atomic E-state index is 11.5. The van der Waals surface area contributed by atoms with Crippen LogP contribution in [0.4, 0.5) is 0 Å². The predicted octanol–water partition coefficient (Wildman–Crippen LogP) is 2.96. The van der Waals surface area contributed by atoms with Crippen molar-refractivity contribution in [2.45, 2.75) is 32.3 Å². The molecule has 16 heavy (non-hydrogen) atoms. The van der Waals surface area contributed by atoms with E-state index in [9.17, 15) is 9.90 Å². The minimum absolute atomic E-state index is 0.148. The molecule has 2 rings (SSSR count). The Bertz CT molecular complexity index is 429. The van der Waals surface area contributed by atoms with Gasteiger partial charge in [0.15, 0.2) is 11.9 Å². The fraction of sp³-hybridized carbons (Fsp3) is 0.417. The molecular formula is C12H13BrO3. The van der Waals surface area contributed by atoms with Crippen LogP contribution in [0.1, 0.15) is 24.8 Å². The lowest BCUT2D eigenvalue weighted by atomic mass is 10.2. The highest BCUT2D eigenvalue weighted by Gasteiger charge is 2.27. The van der Waals surface area contributed by atoms with E-state index in [1.165, 1.54) is 0 Å². The largest absolute Gasteiger partial charge is 0.508 e. The maximum absolute atomic E-state index is 11.5. The number of phenols is 1. The lowest BCUT2D eigenvalue weighted by Gasteiger charge is -2.16. The van der Waals surface area contributed by atoms with Crippen LogP contribution in [0, 0.1) is 6.92 Å². The molecule has 0 amide bonds. The summed E-state index contributed by atoms with van der Waals surface area (Å²) < 4.78 is 6.44. The summed E-state index contributed by atoms with van der Waals surface area (Å²) in [7, 11) is 0.